The van der Waals surface area contributed by atoms with Crippen LogP contribution in [-0.2, 0) is 0 Å². The summed E-state index contributed by atoms with van der Waals surface area (Å²) in [7, 11) is 3.46. The van der Waals surface area contributed by atoms with Gasteiger partial charge in [0.1, 0.15) is 5.69 Å². The summed E-state index contributed by atoms with van der Waals surface area (Å²) in [5, 5.41) is 3.37. The van der Waals surface area contributed by atoms with Gasteiger partial charge in [0.15, 0.2) is 0 Å². The number of nitrogens with one attached hydrogen (secondary N) is 1. The van der Waals surface area contributed by atoms with Gasteiger partial charge in [0.05, 0.1) is 0 Å². The van der Waals surface area contributed by atoms with E-state index in [2.05, 4.69) is 38.0 Å². The summed E-state index contributed by atoms with van der Waals surface area (Å²) < 4.78 is 0. The third-order valence-electron chi connectivity index (χ3n) is 3.48. The van der Waals surface area contributed by atoms with Crippen LogP contribution in [0.25, 0.3) is 0 Å². The summed E-state index contributed by atoms with van der Waals surface area (Å²) >= 11 is 0. The van der Waals surface area contributed by atoms with Gasteiger partial charge < -0.3 is 10.2 Å². The fourth-order valence-electron chi connectivity index (χ4n) is 1.46. The zero-order valence-electron chi connectivity index (χ0n) is 12.8. The molecule has 0 aliphatic heterocycles. The molecule has 4 nitrogen and oxygen atoms in total. The van der Waals surface area contributed by atoms with E-state index in [1.165, 1.54) is 4.90 Å². The van der Waals surface area contributed by atoms with Gasteiger partial charge in [0.2, 0.25) is 0 Å². The van der Waals surface area contributed by atoms with Crippen LogP contribution < -0.4 is 5.32 Å². The summed E-state index contributed by atoms with van der Waals surface area (Å²) in [6.07, 6.45) is 1.67. The Morgan fingerprint density at radius 2 is 2.05 bits per heavy atom. The molecule has 4 heteroatoms. The van der Waals surface area contributed by atoms with E-state index in [1.54, 1.807) is 26.4 Å². The molecule has 1 atom stereocenters. The minimum Gasteiger partial charge on any atom is -0.385 e. The van der Waals surface area contributed by atoms with E-state index in [-0.39, 0.29) is 11.3 Å². The smallest absolute Gasteiger partial charge is 0.272 e. The Labute approximate surface area is 116 Å². The predicted octanol–water partition coefficient (Wildman–Crippen LogP) is 2.88. The molecule has 19 heavy (non-hydrogen) atoms. The Bertz CT molecular complexity index is 435. The number of hydrogen-bond donors (Lipinski definition) is 1. The van der Waals surface area contributed by atoms with Crippen LogP contribution >= 0.6 is 0 Å². The SMILES string of the molecule is CC(CNc1ccnc(C(=O)N(C)C)c1)C(C)(C)C. The lowest BCUT2D eigenvalue weighted by Crippen LogP contribution is -2.25. The maximum Gasteiger partial charge on any atom is 0.272 e. The quantitative estimate of drug-likeness (QED) is 0.908. The molecule has 0 radical (unpaired) electrons. The number of hydrogen-bond acceptors (Lipinski definition) is 3. The maximum absolute atomic E-state index is 11.8. The first-order chi connectivity index (χ1) is 8.71. The van der Waals surface area contributed by atoms with E-state index in [9.17, 15) is 4.79 Å². The van der Waals surface area contributed by atoms with Crippen molar-refractivity contribution in [1.82, 2.24) is 9.88 Å². The lowest BCUT2D eigenvalue weighted by atomic mass is 9.82. The lowest BCUT2D eigenvalue weighted by Gasteiger charge is -2.27. The molecule has 106 valence electrons. The molecule has 1 N–H and O–H groups in total. The van der Waals surface area contributed by atoms with E-state index in [0.717, 1.165) is 12.2 Å². The van der Waals surface area contributed by atoms with Crippen LogP contribution in [0.4, 0.5) is 5.69 Å². The summed E-state index contributed by atoms with van der Waals surface area (Å²) in [5.74, 6) is 0.459. The van der Waals surface area contributed by atoms with Crippen molar-refractivity contribution in [3.8, 4) is 0 Å². The second-order valence-electron chi connectivity index (χ2n) is 6.28. The molecule has 0 bridgehead atoms. The van der Waals surface area contributed by atoms with Crippen molar-refractivity contribution < 1.29 is 4.79 Å². The van der Waals surface area contributed by atoms with Crippen LogP contribution in [0.15, 0.2) is 18.3 Å². The fourth-order valence-corrected chi connectivity index (χ4v) is 1.46. The second-order valence-corrected chi connectivity index (χ2v) is 6.28. The standard InChI is InChI=1S/C15H25N3O/c1-11(15(2,3)4)10-17-12-7-8-16-13(9-12)14(19)18(5)6/h7-9,11H,10H2,1-6H3,(H,16,17). The molecule has 0 saturated heterocycles. The Hall–Kier alpha value is -1.58. The summed E-state index contributed by atoms with van der Waals surface area (Å²) in [6.45, 7) is 9.79. The van der Waals surface area contributed by atoms with Crippen molar-refractivity contribution in [2.24, 2.45) is 11.3 Å². The van der Waals surface area contributed by atoms with Gasteiger partial charge in [-0.3, -0.25) is 9.78 Å². The highest BCUT2D eigenvalue weighted by Gasteiger charge is 2.19. The van der Waals surface area contributed by atoms with Crippen molar-refractivity contribution >= 4 is 11.6 Å². The van der Waals surface area contributed by atoms with Gasteiger partial charge in [0, 0.05) is 32.5 Å². The minimum absolute atomic E-state index is 0.0764. The number of amides is 1. The summed E-state index contributed by atoms with van der Waals surface area (Å²) in [6, 6.07) is 3.69. The Balaban J connectivity index is 2.71. The Morgan fingerprint density at radius 1 is 1.42 bits per heavy atom. The van der Waals surface area contributed by atoms with Gasteiger partial charge in [-0.25, -0.2) is 0 Å². The van der Waals surface area contributed by atoms with E-state index in [0.29, 0.717) is 11.6 Å². The van der Waals surface area contributed by atoms with Crippen LogP contribution in [0.3, 0.4) is 0 Å². The van der Waals surface area contributed by atoms with Crippen molar-refractivity contribution in [1.29, 1.82) is 0 Å². The highest BCUT2D eigenvalue weighted by Crippen LogP contribution is 2.25. The number of rotatable bonds is 4. The predicted molar refractivity (Wildman–Crippen MR) is 79.4 cm³/mol. The van der Waals surface area contributed by atoms with Crippen LogP contribution in [0, 0.1) is 11.3 Å². The van der Waals surface area contributed by atoms with Crippen molar-refractivity contribution in [2.45, 2.75) is 27.7 Å². The molecule has 0 aliphatic carbocycles. The number of carbonyl (C=O) groups is 1. The number of pyridine rings is 1. The van der Waals surface area contributed by atoms with Gasteiger partial charge in [-0.1, -0.05) is 27.7 Å². The Morgan fingerprint density at radius 3 is 2.58 bits per heavy atom. The average Bonchev–Trinajstić information content (AvgIpc) is 2.34. The number of nitrogens with zero attached hydrogens (tertiary/aromatic N) is 2. The third kappa shape index (κ3) is 4.54. The van der Waals surface area contributed by atoms with Crippen LogP contribution in [0.2, 0.25) is 0 Å². The summed E-state index contributed by atoms with van der Waals surface area (Å²) in [4.78, 5) is 17.5. The minimum atomic E-state index is -0.0764. The first-order valence-electron chi connectivity index (χ1n) is 6.63. The number of carbonyl (C=O) groups excluding carboxylic acids is 1. The molecule has 1 rings (SSSR count). The molecule has 0 aliphatic rings. The molecule has 0 aromatic carbocycles. The second kappa shape index (κ2) is 6.04. The first-order valence-corrected chi connectivity index (χ1v) is 6.63. The molecular formula is C15H25N3O. The van der Waals surface area contributed by atoms with Crippen LogP contribution in [-0.4, -0.2) is 36.4 Å². The molecule has 1 amide bonds. The van der Waals surface area contributed by atoms with Crippen molar-refractivity contribution in [3.05, 3.63) is 24.0 Å². The molecule has 0 fully saturated rings. The molecule has 1 unspecified atom stereocenters. The van der Waals surface area contributed by atoms with Gasteiger partial charge in [-0.05, 0) is 23.5 Å². The first kappa shape index (κ1) is 15.5. The zero-order valence-corrected chi connectivity index (χ0v) is 12.8. The monoisotopic (exact) mass is 263 g/mol. The van der Waals surface area contributed by atoms with E-state index in [4.69, 9.17) is 0 Å². The largest absolute Gasteiger partial charge is 0.385 e. The fraction of sp³-hybridized carbons (Fsp3) is 0.600. The highest BCUT2D eigenvalue weighted by atomic mass is 16.2. The maximum atomic E-state index is 11.8. The van der Waals surface area contributed by atoms with Gasteiger partial charge in [0.25, 0.3) is 5.91 Å². The zero-order chi connectivity index (χ0) is 14.6. The van der Waals surface area contributed by atoms with Gasteiger partial charge in [-0.15, -0.1) is 0 Å². The van der Waals surface area contributed by atoms with E-state index in [1.807, 2.05) is 6.07 Å². The number of anilines is 1. The summed E-state index contributed by atoms with van der Waals surface area (Å²) in [5.41, 5.74) is 1.68. The molecule has 1 aromatic heterocycles. The highest BCUT2D eigenvalue weighted by molar-refractivity contribution is 5.92. The lowest BCUT2D eigenvalue weighted by molar-refractivity contribution is 0.0822. The van der Waals surface area contributed by atoms with E-state index < -0.39 is 0 Å². The van der Waals surface area contributed by atoms with E-state index >= 15 is 0 Å². The van der Waals surface area contributed by atoms with Gasteiger partial charge in [-0.2, -0.15) is 0 Å². The van der Waals surface area contributed by atoms with Crippen LogP contribution in [0.1, 0.15) is 38.2 Å². The van der Waals surface area contributed by atoms with Gasteiger partial charge >= 0.3 is 0 Å². The Kier molecular flexibility index (Phi) is 4.92. The molecular weight excluding hydrogens is 238 g/mol. The average molecular weight is 263 g/mol. The molecule has 0 spiro atoms. The molecule has 1 aromatic rings. The molecule has 1 heterocycles. The van der Waals surface area contributed by atoms with Crippen molar-refractivity contribution in [3.63, 3.8) is 0 Å². The van der Waals surface area contributed by atoms with Crippen LogP contribution in [0.5, 0.6) is 0 Å². The third-order valence-corrected chi connectivity index (χ3v) is 3.48. The number of aromatic nitrogens is 1. The normalized spacial score (nSPS) is 12.9. The molecule has 0 saturated carbocycles. The van der Waals surface area contributed by atoms with Crippen molar-refractivity contribution in [2.75, 3.05) is 26.0 Å². The topological polar surface area (TPSA) is 45.2 Å².